The minimum absolute atomic E-state index is 0.0600. The number of carbonyl (C=O) groups is 2. The van der Waals surface area contributed by atoms with Crippen LogP contribution in [0.25, 0.3) is 0 Å². The molecule has 7 heteroatoms. The van der Waals surface area contributed by atoms with Gasteiger partial charge in [0.2, 0.25) is 5.78 Å². The van der Waals surface area contributed by atoms with Crippen LogP contribution < -0.4 is 0 Å². The summed E-state index contributed by atoms with van der Waals surface area (Å²) < 4.78 is 23.9. The quantitative estimate of drug-likeness (QED) is 0.135. The second kappa shape index (κ2) is 8.89. The Morgan fingerprint density at radius 2 is 1.65 bits per heavy atom. The average molecular weight is 363 g/mol. The Morgan fingerprint density at radius 3 is 2.17 bits per heavy atom. The van der Waals surface area contributed by atoms with Crippen LogP contribution in [0.1, 0.15) is 37.6 Å². The van der Waals surface area contributed by atoms with Gasteiger partial charge in [-0.3, -0.25) is 4.79 Å². The fourth-order valence-electron chi connectivity index (χ4n) is 1.89. The van der Waals surface area contributed by atoms with Gasteiger partial charge < -0.3 is 9.47 Å². The maximum Gasteiger partial charge on any atom is 0.345 e. The molecule has 1 aromatic carbocycles. The van der Waals surface area contributed by atoms with Gasteiger partial charge in [0.25, 0.3) is 0 Å². The Labute approximate surface area is 144 Å². The highest BCUT2D eigenvalue weighted by atomic mass is 35.5. The van der Waals surface area contributed by atoms with Crippen LogP contribution in [0.3, 0.4) is 0 Å². The van der Waals surface area contributed by atoms with Crippen LogP contribution in [0, 0.1) is 5.82 Å². The SMILES string of the molecule is CCOC(=O)C(C(=O)c1cc(F)c(Cl)cc1Cl)=C(CC)OCC. The van der Waals surface area contributed by atoms with Crippen LogP contribution in [0.2, 0.25) is 10.0 Å². The molecule has 0 fully saturated rings. The number of hydrogen-bond acceptors (Lipinski definition) is 4. The summed E-state index contributed by atoms with van der Waals surface area (Å²) in [5, 5.41) is -0.274. The Kier molecular flexibility index (Phi) is 7.52. The third-order valence-electron chi connectivity index (χ3n) is 2.88. The molecule has 0 spiro atoms. The first-order valence-electron chi connectivity index (χ1n) is 7.09. The monoisotopic (exact) mass is 362 g/mol. The average Bonchev–Trinajstić information content (AvgIpc) is 2.50. The van der Waals surface area contributed by atoms with Crippen molar-refractivity contribution in [2.24, 2.45) is 0 Å². The molecule has 0 radical (unpaired) electrons. The van der Waals surface area contributed by atoms with Crippen LogP contribution in [0.5, 0.6) is 0 Å². The molecule has 0 N–H and O–H groups in total. The highest BCUT2D eigenvalue weighted by Crippen LogP contribution is 2.28. The number of ketones is 1. The summed E-state index contributed by atoms with van der Waals surface area (Å²) in [6, 6.07) is 2.01. The van der Waals surface area contributed by atoms with Gasteiger partial charge >= 0.3 is 5.97 Å². The van der Waals surface area contributed by atoms with E-state index in [9.17, 15) is 14.0 Å². The standard InChI is InChI=1S/C16H17Cl2FO4/c1-4-13(22-5-2)14(16(21)23-6-3)15(20)9-7-12(19)11(18)8-10(9)17/h7-8H,4-6H2,1-3H3. The molecule has 0 saturated heterocycles. The van der Waals surface area contributed by atoms with Gasteiger partial charge in [-0.15, -0.1) is 0 Å². The fraction of sp³-hybridized carbons (Fsp3) is 0.375. The van der Waals surface area contributed by atoms with E-state index in [0.717, 1.165) is 12.1 Å². The summed E-state index contributed by atoms with van der Waals surface area (Å²) in [7, 11) is 0. The molecule has 126 valence electrons. The van der Waals surface area contributed by atoms with Crippen LogP contribution >= 0.6 is 23.2 Å². The van der Waals surface area contributed by atoms with Crippen molar-refractivity contribution in [3.63, 3.8) is 0 Å². The van der Waals surface area contributed by atoms with Gasteiger partial charge in [0.05, 0.1) is 23.3 Å². The van der Waals surface area contributed by atoms with Gasteiger partial charge in [-0.1, -0.05) is 30.1 Å². The van der Waals surface area contributed by atoms with Crippen molar-refractivity contribution < 1.29 is 23.5 Å². The third-order valence-corrected chi connectivity index (χ3v) is 3.48. The molecule has 0 heterocycles. The number of halogens is 3. The van der Waals surface area contributed by atoms with Gasteiger partial charge in [0.15, 0.2) is 0 Å². The number of esters is 1. The maximum absolute atomic E-state index is 13.7. The van der Waals surface area contributed by atoms with E-state index in [1.165, 1.54) is 0 Å². The predicted molar refractivity (Wildman–Crippen MR) is 86.3 cm³/mol. The summed E-state index contributed by atoms with van der Waals surface area (Å²) >= 11 is 11.6. The number of ether oxygens (including phenoxy) is 2. The van der Waals surface area contributed by atoms with E-state index in [0.29, 0.717) is 6.42 Å². The molecule has 4 nitrogen and oxygen atoms in total. The normalized spacial score (nSPS) is 11.7. The number of rotatable bonds is 7. The van der Waals surface area contributed by atoms with E-state index in [-0.39, 0.29) is 40.2 Å². The van der Waals surface area contributed by atoms with Crippen molar-refractivity contribution in [1.82, 2.24) is 0 Å². The molecule has 0 saturated carbocycles. The lowest BCUT2D eigenvalue weighted by Crippen LogP contribution is -2.20. The third kappa shape index (κ3) is 4.69. The molecule has 0 aromatic heterocycles. The highest BCUT2D eigenvalue weighted by Gasteiger charge is 2.28. The largest absolute Gasteiger partial charge is 0.497 e. The highest BCUT2D eigenvalue weighted by molar-refractivity contribution is 6.39. The second-order valence-electron chi connectivity index (χ2n) is 4.38. The van der Waals surface area contributed by atoms with E-state index in [1.54, 1.807) is 20.8 Å². The molecule has 0 aliphatic carbocycles. The first-order valence-corrected chi connectivity index (χ1v) is 7.85. The van der Waals surface area contributed by atoms with E-state index in [1.807, 2.05) is 0 Å². The zero-order valence-electron chi connectivity index (χ0n) is 13.0. The molecule has 0 amide bonds. The van der Waals surface area contributed by atoms with Crippen molar-refractivity contribution in [2.75, 3.05) is 13.2 Å². The lowest BCUT2D eigenvalue weighted by molar-refractivity contribution is -0.138. The van der Waals surface area contributed by atoms with Crippen molar-refractivity contribution in [2.45, 2.75) is 27.2 Å². The van der Waals surface area contributed by atoms with Gasteiger partial charge in [-0.05, 0) is 26.0 Å². The molecule has 0 aliphatic rings. The Morgan fingerprint density at radius 1 is 1.04 bits per heavy atom. The number of benzene rings is 1. The van der Waals surface area contributed by atoms with Crippen molar-refractivity contribution in [3.8, 4) is 0 Å². The number of hydrogen-bond donors (Lipinski definition) is 0. The number of allylic oxidation sites excluding steroid dienone is 1. The van der Waals surface area contributed by atoms with Gasteiger partial charge in [-0.2, -0.15) is 0 Å². The molecule has 0 aliphatic heterocycles. The second-order valence-corrected chi connectivity index (χ2v) is 5.19. The minimum Gasteiger partial charge on any atom is -0.497 e. The Hall–Kier alpha value is -1.59. The predicted octanol–water partition coefficient (Wildman–Crippen LogP) is 4.58. The zero-order chi connectivity index (χ0) is 17.6. The molecule has 23 heavy (non-hydrogen) atoms. The first kappa shape index (κ1) is 19.5. The van der Waals surface area contributed by atoms with E-state index >= 15 is 0 Å². The van der Waals surface area contributed by atoms with E-state index < -0.39 is 17.6 Å². The number of carbonyl (C=O) groups excluding carboxylic acids is 2. The smallest absolute Gasteiger partial charge is 0.345 e. The molecule has 0 atom stereocenters. The summed E-state index contributed by atoms with van der Waals surface area (Å²) in [5.41, 5.74) is -0.470. The number of Topliss-reactive ketones (excluding diaryl/α,β-unsaturated/α-hetero) is 1. The van der Waals surface area contributed by atoms with Crippen LogP contribution in [-0.2, 0) is 14.3 Å². The van der Waals surface area contributed by atoms with E-state index in [2.05, 4.69) is 0 Å². The molecule has 1 rings (SSSR count). The Balaban J connectivity index is 3.46. The first-order chi connectivity index (χ1) is 10.9. The topological polar surface area (TPSA) is 52.6 Å². The summed E-state index contributed by atoms with van der Waals surface area (Å²) in [6.07, 6.45) is 0.293. The van der Waals surface area contributed by atoms with Gasteiger partial charge in [-0.25, -0.2) is 9.18 Å². The summed E-state index contributed by atoms with van der Waals surface area (Å²) in [6.45, 7) is 5.41. The molecule has 1 aromatic rings. The van der Waals surface area contributed by atoms with Crippen molar-refractivity contribution in [3.05, 3.63) is 44.9 Å². The van der Waals surface area contributed by atoms with Crippen LogP contribution in [-0.4, -0.2) is 25.0 Å². The van der Waals surface area contributed by atoms with Crippen molar-refractivity contribution >= 4 is 35.0 Å². The molecule has 0 unspecified atom stereocenters. The summed E-state index contributed by atoms with van der Waals surface area (Å²) in [4.78, 5) is 24.8. The lowest BCUT2D eigenvalue weighted by atomic mass is 10.0. The van der Waals surface area contributed by atoms with Crippen LogP contribution in [0.4, 0.5) is 4.39 Å². The molecular formula is C16H17Cl2FO4. The van der Waals surface area contributed by atoms with Gasteiger partial charge in [0, 0.05) is 12.0 Å². The fourth-order valence-corrected chi connectivity index (χ4v) is 2.36. The van der Waals surface area contributed by atoms with Crippen molar-refractivity contribution in [1.29, 1.82) is 0 Å². The maximum atomic E-state index is 13.7. The Bertz CT molecular complexity index is 641. The zero-order valence-corrected chi connectivity index (χ0v) is 14.6. The summed E-state index contributed by atoms with van der Waals surface area (Å²) in [5.74, 6) is -2.25. The molecular weight excluding hydrogens is 346 g/mol. The minimum atomic E-state index is -0.839. The lowest BCUT2D eigenvalue weighted by Gasteiger charge is -2.14. The molecule has 0 bridgehead atoms. The van der Waals surface area contributed by atoms with Gasteiger partial charge in [0.1, 0.15) is 17.1 Å². The van der Waals surface area contributed by atoms with E-state index in [4.69, 9.17) is 32.7 Å². The van der Waals surface area contributed by atoms with Crippen LogP contribution in [0.15, 0.2) is 23.5 Å².